The second-order valence-electron chi connectivity index (χ2n) is 7.90. The lowest BCUT2D eigenvalue weighted by Crippen LogP contribution is -2.52. The van der Waals surface area contributed by atoms with Gasteiger partial charge in [-0.05, 0) is 31.2 Å². The molecular weight excluding hydrogens is 422 g/mol. The van der Waals surface area contributed by atoms with Crippen LogP contribution in [-0.4, -0.2) is 64.6 Å². The van der Waals surface area contributed by atoms with Crippen molar-refractivity contribution in [2.24, 2.45) is 5.92 Å². The second kappa shape index (κ2) is 9.56. The van der Waals surface area contributed by atoms with Crippen molar-refractivity contribution in [3.8, 4) is 0 Å². The second-order valence-corrected chi connectivity index (χ2v) is 8.71. The first-order valence-electron chi connectivity index (χ1n) is 10.3. The van der Waals surface area contributed by atoms with E-state index in [2.05, 4.69) is 20.4 Å². The van der Waals surface area contributed by atoms with Crippen molar-refractivity contribution >= 4 is 28.8 Å². The maximum Gasteiger partial charge on any atom is 0.290 e. The van der Waals surface area contributed by atoms with Crippen molar-refractivity contribution in [1.82, 2.24) is 20.1 Å². The molecule has 0 radical (unpaired) electrons. The Hall–Kier alpha value is -2.79. The average molecular weight is 448 g/mol. The molecule has 0 aliphatic carbocycles. The van der Waals surface area contributed by atoms with Gasteiger partial charge in [0.15, 0.2) is 0 Å². The minimum atomic E-state index is -0.354. The molecule has 5 rings (SSSR count). The summed E-state index contributed by atoms with van der Waals surface area (Å²) in [7, 11) is 0. The molecule has 0 saturated carbocycles. The van der Waals surface area contributed by atoms with Crippen LogP contribution in [0.1, 0.15) is 36.9 Å². The number of piperidine rings is 1. The number of ether oxygens (including phenoxy) is 1. The number of hydrogen-bond donors (Lipinski definition) is 2. The molecule has 166 valence electrons. The molecule has 0 unspecified atom stereocenters. The van der Waals surface area contributed by atoms with Crippen molar-refractivity contribution in [1.29, 1.82) is 0 Å². The van der Waals surface area contributed by atoms with Crippen molar-refractivity contribution < 1.29 is 19.4 Å². The molecular formula is C20H25N5O5S. The molecule has 1 amide bonds. The fourth-order valence-electron chi connectivity index (χ4n) is 4.87. The summed E-state index contributed by atoms with van der Waals surface area (Å²) in [6.45, 7) is 2.49. The average Bonchev–Trinajstić information content (AvgIpc) is 3.49. The monoisotopic (exact) mass is 447 g/mol. The van der Waals surface area contributed by atoms with Crippen LogP contribution in [0.4, 0.5) is 5.13 Å². The van der Waals surface area contributed by atoms with Crippen LogP contribution in [0.25, 0.3) is 0 Å². The van der Waals surface area contributed by atoms with Crippen LogP contribution >= 0.6 is 11.3 Å². The Morgan fingerprint density at radius 3 is 2.94 bits per heavy atom. The smallest absolute Gasteiger partial charge is 0.290 e. The Labute approximate surface area is 182 Å². The summed E-state index contributed by atoms with van der Waals surface area (Å²) < 4.78 is 7.40. The van der Waals surface area contributed by atoms with Gasteiger partial charge in [0.05, 0.1) is 6.04 Å². The highest BCUT2D eigenvalue weighted by Crippen LogP contribution is 2.42. The number of pyridine rings is 1. The summed E-state index contributed by atoms with van der Waals surface area (Å²) in [6, 6.07) is 5.42. The molecule has 5 heterocycles. The molecule has 31 heavy (non-hydrogen) atoms. The van der Waals surface area contributed by atoms with E-state index in [-0.39, 0.29) is 41.9 Å². The van der Waals surface area contributed by atoms with Gasteiger partial charge in [0.1, 0.15) is 11.6 Å². The van der Waals surface area contributed by atoms with Crippen LogP contribution in [0.2, 0.25) is 0 Å². The molecule has 2 N–H and O–H groups in total. The highest BCUT2D eigenvalue weighted by molar-refractivity contribution is 7.13. The zero-order valence-corrected chi connectivity index (χ0v) is 17.7. The maximum absolute atomic E-state index is 12.7. The molecule has 2 saturated heterocycles. The lowest BCUT2D eigenvalue weighted by Gasteiger charge is -2.46. The number of hydrogen-bond acceptors (Lipinski definition) is 8. The summed E-state index contributed by atoms with van der Waals surface area (Å²) in [5.41, 5.74) is 2.81. The van der Waals surface area contributed by atoms with Crippen molar-refractivity contribution in [2.45, 2.75) is 37.3 Å². The number of carboxylic acid groups (broad SMARTS) is 1. The first-order valence-corrected chi connectivity index (χ1v) is 11.2. The van der Waals surface area contributed by atoms with Gasteiger partial charge >= 0.3 is 0 Å². The van der Waals surface area contributed by atoms with Crippen molar-refractivity contribution in [3.05, 3.63) is 39.8 Å². The Balaban J connectivity index is 0.000000730. The largest absolute Gasteiger partial charge is 0.483 e. The van der Waals surface area contributed by atoms with Crippen molar-refractivity contribution in [2.75, 3.05) is 31.1 Å². The van der Waals surface area contributed by atoms with E-state index in [0.717, 1.165) is 43.2 Å². The van der Waals surface area contributed by atoms with Gasteiger partial charge in [-0.15, -0.1) is 10.2 Å². The van der Waals surface area contributed by atoms with Gasteiger partial charge in [-0.25, -0.2) is 0 Å². The number of nitrogens with one attached hydrogen (secondary N) is 1. The Bertz CT molecular complexity index is 959. The number of carbonyl (C=O) groups is 2. The summed E-state index contributed by atoms with van der Waals surface area (Å²) in [6.07, 6.45) is 2.35. The van der Waals surface area contributed by atoms with E-state index in [1.165, 1.54) is 11.3 Å². The first-order chi connectivity index (χ1) is 15.1. The zero-order valence-electron chi connectivity index (χ0n) is 16.9. The SMILES string of the molecule is O=C(NC[C@H]1[C@H]2C[C@H](CN(c3nncs3)C2)c2cccc(=O)n21)[C@H]1CCCO1.O=CO. The van der Waals surface area contributed by atoms with E-state index in [4.69, 9.17) is 14.6 Å². The molecule has 2 aromatic heterocycles. The Morgan fingerprint density at radius 2 is 2.23 bits per heavy atom. The molecule has 0 aromatic carbocycles. The number of fused-ring (bicyclic) bond motifs is 4. The van der Waals surface area contributed by atoms with Crippen LogP contribution in [0, 0.1) is 5.92 Å². The van der Waals surface area contributed by atoms with Gasteiger partial charge in [-0.2, -0.15) is 0 Å². The zero-order chi connectivity index (χ0) is 21.8. The van der Waals surface area contributed by atoms with E-state index >= 15 is 0 Å². The standard InChI is InChI=1S/C19H23N5O3S.CH2O2/c25-17-5-1-3-14-12-7-13(10-23(9-12)19-22-21-11-28-19)15(24(14)17)8-20-18(26)16-4-2-6-27-16;2-1-3/h1,3,5,11-13,15-16H,2,4,6-10H2,(H,20,26);1H,(H,2,3)/t12-,13+,15+,16-;/m1./s1. The van der Waals surface area contributed by atoms with Crippen LogP contribution in [-0.2, 0) is 14.3 Å². The Morgan fingerprint density at radius 1 is 1.39 bits per heavy atom. The molecule has 10 nitrogen and oxygen atoms in total. The highest BCUT2D eigenvalue weighted by atomic mass is 32.1. The lowest BCUT2D eigenvalue weighted by atomic mass is 9.78. The molecule has 2 fully saturated rings. The number of rotatable bonds is 4. The number of aromatic nitrogens is 3. The van der Waals surface area contributed by atoms with Gasteiger partial charge < -0.3 is 24.6 Å². The number of amides is 1. The van der Waals surface area contributed by atoms with Crippen molar-refractivity contribution in [3.63, 3.8) is 0 Å². The third kappa shape index (κ3) is 4.47. The molecule has 2 aromatic rings. The van der Waals surface area contributed by atoms with Gasteiger partial charge in [-0.3, -0.25) is 14.4 Å². The number of nitrogens with zero attached hydrogens (tertiary/aromatic N) is 4. The topological polar surface area (TPSA) is 127 Å². The summed E-state index contributed by atoms with van der Waals surface area (Å²) in [5.74, 6) is 0.476. The van der Waals surface area contributed by atoms with E-state index in [1.54, 1.807) is 11.6 Å². The number of carbonyl (C=O) groups excluding carboxylic acids is 1. The quantitative estimate of drug-likeness (QED) is 0.661. The summed E-state index contributed by atoms with van der Waals surface area (Å²) in [5, 5.41) is 19.1. The Kier molecular flexibility index (Phi) is 6.62. The molecule has 3 aliphatic heterocycles. The molecule has 3 aliphatic rings. The molecule has 4 atom stereocenters. The third-order valence-corrected chi connectivity index (χ3v) is 6.88. The van der Waals surface area contributed by atoms with Crippen LogP contribution in [0.5, 0.6) is 0 Å². The van der Waals surface area contributed by atoms with Gasteiger partial charge in [0, 0.05) is 43.9 Å². The predicted molar refractivity (Wildman–Crippen MR) is 113 cm³/mol. The fourth-order valence-corrected chi connectivity index (χ4v) is 5.45. The van der Waals surface area contributed by atoms with E-state index in [1.807, 2.05) is 16.7 Å². The fraction of sp³-hybridized carbons (Fsp3) is 0.550. The van der Waals surface area contributed by atoms with Gasteiger partial charge in [0.25, 0.3) is 12.0 Å². The van der Waals surface area contributed by atoms with Gasteiger partial charge in [0.2, 0.25) is 11.0 Å². The van der Waals surface area contributed by atoms with E-state index < -0.39 is 0 Å². The highest BCUT2D eigenvalue weighted by Gasteiger charge is 2.41. The van der Waals surface area contributed by atoms with Gasteiger partial charge in [-0.1, -0.05) is 17.4 Å². The summed E-state index contributed by atoms with van der Waals surface area (Å²) in [4.78, 5) is 35.8. The van der Waals surface area contributed by atoms with Crippen LogP contribution in [0.15, 0.2) is 28.5 Å². The minimum Gasteiger partial charge on any atom is -0.483 e. The van der Waals surface area contributed by atoms with Crippen LogP contribution < -0.4 is 15.8 Å². The summed E-state index contributed by atoms with van der Waals surface area (Å²) >= 11 is 1.54. The number of anilines is 1. The van der Waals surface area contributed by atoms with Crippen LogP contribution in [0.3, 0.4) is 0 Å². The lowest BCUT2D eigenvalue weighted by molar-refractivity contribution is -0.130. The first kappa shape index (κ1) is 21.4. The minimum absolute atomic E-state index is 0.00734. The molecule has 0 spiro atoms. The van der Waals surface area contributed by atoms with E-state index in [0.29, 0.717) is 13.2 Å². The molecule has 11 heteroatoms. The maximum atomic E-state index is 12.7. The van der Waals surface area contributed by atoms with E-state index in [9.17, 15) is 9.59 Å². The molecule has 2 bridgehead atoms. The predicted octanol–water partition coefficient (Wildman–Crippen LogP) is 0.861. The normalized spacial score (nSPS) is 26.4. The third-order valence-electron chi connectivity index (χ3n) is 6.13.